The van der Waals surface area contributed by atoms with Crippen LogP contribution in [0.15, 0.2) is 24.3 Å². The van der Waals surface area contributed by atoms with Gasteiger partial charge in [0.1, 0.15) is 6.61 Å². The summed E-state index contributed by atoms with van der Waals surface area (Å²) >= 11 is 0. The minimum Gasteiger partial charge on any atom is -0.462 e. The minimum absolute atomic E-state index is 0.0655. The molecule has 0 saturated heterocycles. The molecule has 50 heavy (non-hydrogen) atoms. The maximum absolute atomic E-state index is 12.2. The Bertz CT molecular complexity index is 761. The number of ether oxygens (including phenoxy) is 2. The van der Waals surface area contributed by atoms with E-state index in [-0.39, 0.29) is 25.2 Å². The molecule has 0 aliphatic rings. The fraction of sp³-hybridized carbons (Fsp3) is 0.867. The number of esters is 2. The van der Waals surface area contributed by atoms with Crippen molar-refractivity contribution in [3.8, 4) is 0 Å². The van der Waals surface area contributed by atoms with Gasteiger partial charge < -0.3 is 14.6 Å². The highest BCUT2D eigenvalue weighted by molar-refractivity contribution is 5.70. The molecule has 0 aliphatic carbocycles. The average Bonchev–Trinajstić information content (AvgIpc) is 3.12. The highest BCUT2D eigenvalue weighted by atomic mass is 16.6. The Hall–Kier alpha value is -1.62. The number of rotatable bonds is 40. The Labute approximate surface area is 311 Å². The van der Waals surface area contributed by atoms with Gasteiger partial charge in [0, 0.05) is 12.8 Å². The molecule has 1 atom stereocenters. The molecule has 0 radical (unpaired) electrons. The van der Waals surface area contributed by atoms with Crippen molar-refractivity contribution in [2.75, 3.05) is 13.2 Å². The Morgan fingerprint density at radius 2 is 0.740 bits per heavy atom. The summed E-state index contributed by atoms with van der Waals surface area (Å²) in [5.41, 5.74) is 0. The SMILES string of the molecule is CCCCCCCC/C=C\CCCCCCCCCCCC(=O)O[C@@H](CO)COC(=O)CCCCCCCCC/C=C\CCCCCCCC. The lowest BCUT2D eigenvalue weighted by atomic mass is 10.1. The summed E-state index contributed by atoms with van der Waals surface area (Å²) in [5, 5.41) is 9.58. The van der Waals surface area contributed by atoms with Gasteiger partial charge in [0.25, 0.3) is 0 Å². The molecule has 0 saturated carbocycles. The van der Waals surface area contributed by atoms with Gasteiger partial charge in [0.05, 0.1) is 6.61 Å². The van der Waals surface area contributed by atoms with Crippen LogP contribution in [-0.2, 0) is 19.1 Å². The van der Waals surface area contributed by atoms with Crippen LogP contribution in [0, 0.1) is 0 Å². The molecular formula is C45H84O5. The van der Waals surface area contributed by atoms with Crippen LogP contribution in [0.4, 0.5) is 0 Å². The quantitative estimate of drug-likeness (QED) is 0.0390. The van der Waals surface area contributed by atoms with E-state index in [0.29, 0.717) is 12.8 Å². The lowest BCUT2D eigenvalue weighted by Gasteiger charge is -2.15. The maximum atomic E-state index is 12.2. The summed E-state index contributed by atoms with van der Waals surface area (Å²) in [5.74, 6) is -0.590. The smallest absolute Gasteiger partial charge is 0.306 e. The van der Waals surface area contributed by atoms with Crippen LogP contribution in [0.25, 0.3) is 0 Å². The summed E-state index contributed by atoms with van der Waals surface area (Å²) in [7, 11) is 0. The number of aliphatic hydroxyl groups is 1. The summed E-state index contributed by atoms with van der Waals surface area (Å²) in [6, 6.07) is 0. The van der Waals surface area contributed by atoms with E-state index in [1.165, 1.54) is 167 Å². The van der Waals surface area contributed by atoms with Gasteiger partial charge >= 0.3 is 11.9 Å². The van der Waals surface area contributed by atoms with Crippen molar-refractivity contribution in [1.29, 1.82) is 0 Å². The zero-order valence-electron chi connectivity index (χ0n) is 33.4. The highest BCUT2D eigenvalue weighted by Crippen LogP contribution is 2.14. The highest BCUT2D eigenvalue weighted by Gasteiger charge is 2.16. The second-order valence-corrected chi connectivity index (χ2v) is 14.8. The first-order valence-electron chi connectivity index (χ1n) is 21.9. The molecule has 0 spiro atoms. The van der Waals surface area contributed by atoms with E-state index in [9.17, 15) is 14.7 Å². The predicted octanol–water partition coefficient (Wildman–Crippen LogP) is 13.8. The van der Waals surface area contributed by atoms with Gasteiger partial charge in [-0.3, -0.25) is 9.59 Å². The summed E-state index contributed by atoms with van der Waals surface area (Å²) in [6.07, 6.45) is 49.6. The van der Waals surface area contributed by atoms with Gasteiger partial charge in [-0.25, -0.2) is 0 Å². The number of carbonyl (C=O) groups excluding carboxylic acids is 2. The Kier molecular flexibility index (Phi) is 40.4. The van der Waals surface area contributed by atoms with Crippen molar-refractivity contribution >= 4 is 11.9 Å². The average molecular weight is 705 g/mol. The summed E-state index contributed by atoms with van der Waals surface area (Å²) < 4.78 is 10.6. The topological polar surface area (TPSA) is 72.8 Å². The Balaban J connectivity index is 3.52. The molecule has 0 amide bonds. The fourth-order valence-corrected chi connectivity index (χ4v) is 6.37. The lowest BCUT2D eigenvalue weighted by Crippen LogP contribution is -2.28. The van der Waals surface area contributed by atoms with Crippen LogP contribution in [0.3, 0.4) is 0 Å². The van der Waals surface area contributed by atoms with Crippen LogP contribution in [0.2, 0.25) is 0 Å². The Morgan fingerprint density at radius 3 is 1.08 bits per heavy atom. The van der Waals surface area contributed by atoms with Crippen LogP contribution in [-0.4, -0.2) is 36.4 Å². The van der Waals surface area contributed by atoms with Gasteiger partial charge in [-0.1, -0.05) is 179 Å². The summed E-state index contributed by atoms with van der Waals surface area (Å²) in [6.45, 7) is 4.14. The number of carbonyl (C=O) groups is 2. The molecule has 0 rings (SSSR count). The zero-order chi connectivity index (χ0) is 36.4. The van der Waals surface area contributed by atoms with Crippen molar-refractivity contribution in [1.82, 2.24) is 0 Å². The van der Waals surface area contributed by atoms with Gasteiger partial charge in [-0.2, -0.15) is 0 Å². The lowest BCUT2D eigenvalue weighted by molar-refractivity contribution is -0.161. The third-order valence-corrected chi connectivity index (χ3v) is 9.72. The largest absolute Gasteiger partial charge is 0.462 e. The molecule has 0 aromatic rings. The van der Waals surface area contributed by atoms with E-state index in [1.807, 2.05) is 0 Å². The van der Waals surface area contributed by atoms with E-state index >= 15 is 0 Å². The van der Waals surface area contributed by atoms with Crippen molar-refractivity contribution in [2.24, 2.45) is 0 Å². The van der Waals surface area contributed by atoms with Crippen LogP contribution < -0.4 is 0 Å². The van der Waals surface area contributed by atoms with Crippen LogP contribution >= 0.6 is 0 Å². The molecule has 1 N–H and O–H groups in total. The number of hydrogen-bond acceptors (Lipinski definition) is 5. The molecule has 0 heterocycles. The molecule has 0 fully saturated rings. The minimum atomic E-state index is -0.771. The number of aliphatic hydroxyl groups excluding tert-OH is 1. The standard InChI is InChI=1S/C45H84O5/c1-3-5-7-9-11-13-15-17-19-21-22-24-26-28-30-32-34-36-38-40-45(48)50-43(41-46)42-49-44(47)39-37-35-33-31-29-27-25-23-20-18-16-14-12-10-8-6-4-2/h17-20,43,46H,3-16,21-42H2,1-2H3/b19-17-,20-18-/t43-/m0/s1. The first-order chi connectivity index (χ1) is 24.6. The normalized spacial score (nSPS) is 12.3. The number of allylic oxidation sites excluding steroid dienone is 4. The van der Waals surface area contributed by atoms with Crippen molar-refractivity contribution in [3.63, 3.8) is 0 Å². The van der Waals surface area contributed by atoms with Gasteiger partial charge in [-0.15, -0.1) is 0 Å². The van der Waals surface area contributed by atoms with E-state index in [0.717, 1.165) is 38.5 Å². The molecular weight excluding hydrogens is 620 g/mol. The second kappa shape index (κ2) is 41.8. The van der Waals surface area contributed by atoms with Crippen LogP contribution in [0.5, 0.6) is 0 Å². The van der Waals surface area contributed by atoms with Crippen molar-refractivity contribution < 1.29 is 24.2 Å². The van der Waals surface area contributed by atoms with Gasteiger partial charge in [0.15, 0.2) is 6.10 Å². The van der Waals surface area contributed by atoms with E-state index in [1.54, 1.807) is 0 Å². The maximum Gasteiger partial charge on any atom is 0.306 e. The number of hydrogen-bond donors (Lipinski definition) is 1. The molecule has 0 unspecified atom stereocenters. The molecule has 294 valence electrons. The molecule has 0 bridgehead atoms. The third kappa shape index (κ3) is 39.2. The third-order valence-electron chi connectivity index (χ3n) is 9.72. The van der Waals surface area contributed by atoms with Gasteiger partial charge in [-0.05, 0) is 64.2 Å². The van der Waals surface area contributed by atoms with Crippen molar-refractivity contribution in [3.05, 3.63) is 24.3 Å². The summed E-state index contributed by atoms with van der Waals surface area (Å²) in [4.78, 5) is 24.3. The fourth-order valence-electron chi connectivity index (χ4n) is 6.37. The second-order valence-electron chi connectivity index (χ2n) is 14.8. The van der Waals surface area contributed by atoms with E-state index < -0.39 is 6.10 Å². The molecule has 0 aromatic carbocycles. The molecule has 5 heteroatoms. The van der Waals surface area contributed by atoms with E-state index in [2.05, 4.69) is 38.2 Å². The predicted molar refractivity (Wildman–Crippen MR) is 215 cm³/mol. The first-order valence-corrected chi connectivity index (χ1v) is 21.9. The Morgan fingerprint density at radius 1 is 0.440 bits per heavy atom. The molecule has 5 nitrogen and oxygen atoms in total. The monoisotopic (exact) mass is 705 g/mol. The van der Waals surface area contributed by atoms with Crippen molar-refractivity contribution in [2.45, 2.75) is 238 Å². The van der Waals surface area contributed by atoms with E-state index in [4.69, 9.17) is 9.47 Å². The molecule has 0 aromatic heterocycles. The van der Waals surface area contributed by atoms with Gasteiger partial charge in [0.2, 0.25) is 0 Å². The molecule has 0 aliphatic heterocycles. The number of unbranched alkanes of at least 4 members (excludes halogenated alkanes) is 28. The van der Waals surface area contributed by atoms with Crippen LogP contribution in [0.1, 0.15) is 232 Å². The zero-order valence-corrected chi connectivity index (χ0v) is 33.4. The first kappa shape index (κ1) is 48.4.